The smallest absolute Gasteiger partial charge is 0.191 e. The van der Waals surface area contributed by atoms with Crippen LogP contribution >= 0.6 is 23.6 Å². The molecule has 0 atom stereocenters. The van der Waals surface area contributed by atoms with Crippen LogP contribution in [0.1, 0.15) is 4.88 Å². The Hall–Kier alpha value is -1.86. The molecule has 0 amide bonds. The van der Waals surface area contributed by atoms with Gasteiger partial charge in [0.05, 0.1) is 6.21 Å². The minimum Gasteiger partial charge on any atom is -0.326 e. The molecule has 0 bridgehead atoms. The van der Waals surface area contributed by atoms with Gasteiger partial charge in [0.1, 0.15) is 17.3 Å². The number of hydrogen-bond donors (Lipinski definition) is 2. The highest BCUT2D eigenvalue weighted by atomic mass is 32.1. The molecular weight excluding hydrogens is 288 g/mol. The first-order chi connectivity index (χ1) is 9.16. The van der Waals surface area contributed by atoms with E-state index in [4.69, 9.17) is 12.2 Å². The quantitative estimate of drug-likeness (QED) is 0.518. The third-order valence-corrected chi connectivity index (χ3v) is 3.10. The number of nitrogens with zero attached hydrogens (tertiary/aromatic N) is 1. The molecule has 3 nitrogen and oxygen atoms in total. The van der Waals surface area contributed by atoms with E-state index in [1.54, 1.807) is 6.21 Å². The second kappa shape index (κ2) is 6.35. The molecule has 0 aliphatic heterocycles. The van der Waals surface area contributed by atoms with Gasteiger partial charge in [-0.1, -0.05) is 12.1 Å². The van der Waals surface area contributed by atoms with Gasteiger partial charge >= 0.3 is 0 Å². The predicted octanol–water partition coefficient (Wildman–Crippen LogP) is 3.35. The van der Waals surface area contributed by atoms with Crippen molar-refractivity contribution >= 4 is 40.6 Å². The fourth-order valence-electron chi connectivity index (χ4n) is 1.28. The zero-order valence-corrected chi connectivity index (χ0v) is 11.2. The van der Waals surface area contributed by atoms with Crippen molar-refractivity contribution in [3.8, 4) is 0 Å². The molecule has 19 heavy (non-hydrogen) atoms. The number of para-hydroxylation sites is 1. The summed E-state index contributed by atoms with van der Waals surface area (Å²) in [5, 5.41) is 8.19. The second-order valence-electron chi connectivity index (χ2n) is 3.44. The third kappa shape index (κ3) is 3.80. The minimum atomic E-state index is -0.716. The molecule has 0 aliphatic carbocycles. The van der Waals surface area contributed by atoms with Gasteiger partial charge in [-0.25, -0.2) is 8.78 Å². The van der Waals surface area contributed by atoms with Crippen molar-refractivity contribution in [1.29, 1.82) is 0 Å². The van der Waals surface area contributed by atoms with Crippen LogP contribution in [-0.2, 0) is 0 Å². The van der Waals surface area contributed by atoms with Crippen molar-refractivity contribution in [2.24, 2.45) is 5.10 Å². The summed E-state index contributed by atoms with van der Waals surface area (Å²) >= 11 is 6.39. The van der Waals surface area contributed by atoms with Crippen LogP contribution in [-0.4, -0.2) is 11.3 Å². The first-order valence-electron chi connectivity index (χ1n) is 5.24. The summed E-state index contributed by atoms with van der Waals surface area (Å²) in [5.74, 6) is -1.43. The van der Waals surface area contributed by atoms with Gasteiger partial charge in [0.2, 0.25) is 0 Å². The Morgan fingerprint density at radius 2 is 1.95 bits per heavy atom. The summed E-state index contributed by atoms with van der Waals surface area (Å²) < 4.78 is 26.7. The normalized spacial score (nSPS) is 10.6. The van der Waals surface area contributed by atoms with E-state index in [0.717, 1.165) is 17.0 Å². The molecule has 1 heterocycles. The van der Waals surface area contributed by atoms with Crippen molar-refractivity contribution < 1.29 is 8.78 Å². The van der Waals surface area contributed by atoms with E-state index >= 15 is 0 Å². The predicted molar refractivity (Wildman–Crippen MR) is 77.6 cm³/mol. The molecule has 7 heteroatoms. The van der Waals surface area contributed by atoms with E-state index in [-0.39, 0.29) is 10.8 Å². The van der Waals surface area contributed by atoms with Gasteiger partial charge in [-0.05, 0) is 35.8 Å². The molecule has 0 saturated heterocycles. The van der Waals surface area contributed by atoms with Crippen LogP contribution in [0.2, 0.25) is 0 Å². The molecule has 2 aromatic rings. The molecule has 1 aromatic heterocycles. The molecular formula is C12H9F2N3S2. The SMILES string of the molecule is Fc1cccc(F)c1NC(=S)N/N=C/c1cccs1. The number of hydrogen-bond acceptors (Lipinski definition) is 3. The van der Waals surface area contributed by atoms with Gasteiger partial charge in [-0.3, -0.25) is 5.43 Å². The number of halogens is 2. The van der Waals surface area contributed by atoms with Crippen molar-refractivity contribution in [2.45, 2.75) is 0 Å². The Labute approximate surface area is 118 Å². The van der Waals surface area contributed by atoms with Crippen LogP contribution in [0, 0.1) is 11.6 Å². The van der Waals surface area contributed by atoms with E-state index in [0.29, 0.717) is 0 Å². The highest BCUT2D eigenvalue weighted by Gasteiger charge is 2.08. The largest absolute Gasteiger partial charge is 0.326 e. The van der Waals surface area contributed by atoms with Gasteiger partial charge in [0.25, 0.3) is 0 Å². The van der Waals surface area contributed by atoms with E-state index in [9.17, 15) is 8.78 Å². The Bertz CT molecular complexity index is 577. The van der Waals surface area contributed by atoms with Crippen LogP contribution in [0.5, 0.6) is 0 Å². The summed E-state index contributed by atoms with van der Waals surface area (Å²) in [5.41, 5.74) is 2.19. The number of rotatable bonds is 3. The number of anilines is 1. The highest BCUT2D eigenvalue weighted by molar-refractivity contribution is 7.80. The molecule has 0 aliphatic rings. The number of benzene rings is 1. The lowest BCUT2D eigenvalue weighted by atomic mass is 10.3. The average molecular weight is 297 g/mol. The minimum absolute atomic E-state index is 0.0109. The standard InChI is InChI=1S/C12H9F2N3S2/c13-9-4-1-5-10(14)11(9)16-12(18)17-15-7-8-3-2-6-19-8/h1-7H,(H2,16,17,18)/b15-7+. The Kier molecular flexibility index (Phi) is 4.53. The maximum atomic E-state index is 13.3. The monoisotopic (exact) mass is 297 g/mol. The lowest BCUT2D eigenvalue weighted by molar-refractivity contribution is 0.591. The van der Waals surface area contributed by atoms with E-state index in [2.05, 4.69) is 15.8 Å². The zero-order chi connectivity index (χ0) is 13.7. The molecule has 98 valence electrons. The van der Waals surface area contributed by atoms with Crippen LogP contribution in [0.25, 0.3) is 0 Å². The van der Waals surface area contributed by atoms with E-state index < -0.39 is 11.6 Å². The van der Waals surface area contributed by atoms with Crippen LogP contribution in [0.4, 0.5) is 14.5 Å². The maximum Gasteiger partial charge on any atom is 0.191 e. The fraction of sp³-hybridized carbons (Fsp3) is 0. The molecule has 0 radical (unpaired) electrons. The summed E-state index contributed by atoms with van der Waals surface area (Å²) in [7, 11) is 0. The fourth-order valence-corrected chi connectivity index (χ4v) is 2.02. The van der Waals surface area contributed by atoms with E-state index in [1.165, 1.54) is 17.4 Å². The first kappa shape index (κ1) is 13.6. The molecule has 0 unspecified atom stereocenters. The van der Waals surface area contributed by atoms with Crippen LogP contribution < -0.4 is 10.7 Å². The van der Waals surface area contributed by atoms with Crippen molar-refractivity contribution in [3.63, 3.8) is 0 Å². The average Bonchev–Trinajstić information content (AvgIpc) is 2.87. The highest BCUT2D eigenvalue weighted by Crippen LogP contribution is 2.17. The summed E-state index contributed by atoms with van der Waals surface area (Å²) in [6.07, 6.45) is 1.57. The summed E-state index contributed by atoms with van der Waals surface area (Å²) in [4.78, 5) is 0.937. The van der Waals surface area contributed by atoms with Gasteiger partial charge in [-0.15, -0.1) is 11.3 Å². The number of thiocarbonyl (C=S) groups is 1. The van der Waals surface area contributed by atoms with Crippen molar-refractivity contribution in [2.75, 3.05) is 5.32 Å². The first-order valence-corrected chi connectivity index (χ1v) is 6.53. The lowest BCUT2D eigenvalue weighted by Gasteiger charge is -2.08. The van der Waals surface area contributed by atoms with E-state index in [1.807, 2.05) is 17.5 Å². The number of thiophene rings is 1. The van der Waals surface area contributed by atoms with Crippen molar-refractivity contribution in [3.05, 3.63) is 52.2 Å². The Morgan fingerprint density at radius 1 is 1.21 bits per heavy atom. The summed E-state index contributed by atoms with van der Waals surface area (Å²) in [6, 6.07) is 7.33. The van der Waals surface area contributed by atoms with Crippen LogP contribution in [0.15, 0.2) is 40.8 Å². The van der Waals surface area contributed by atoms with Crippen LogP contribution in [0.3, 0.4) is 0 Å². The molecule has 2 rings (SSSR count). The molecule has 0 saturated carbocycles. The Morgan fingerprint density at radius 3 is 2.58 bits per heavy atom. The van der Waals surface area contributed by atoms with Gasteiger partial charge in [-0.2, -0.15) is 5.10 Å². The molecule has 1 aromatic carbocycles. The van der Waals surface area contributed by atoms with Gasteiger partial charge < -0.3 is 5.32 Å². The van der Waals surface area contributed by atoms with Crippen molar-refractivity contribution in [1.82, 2.24) is 5.43 Å². The lowest BCUT2D eigenvalue weighted by Crippen LogP contribution is -2.25. The molecule has 0 fully saturated rings. The Balaban J connectivity index is 1.95. The number of nitrogens with one attached hydrogen (secondary N) is 2. The molecule has 0 spiro atoms. The van der Waals surface area contributed by atoms with Gasteiger partial charge in [0, 0.05) is 4.88 Å². The summed E-state index contributed by atoms with van der Waals surface area (Å²) in [6.45, 7) is 0. The topological polar surface area (TPSA) is 36.4 Å². The second-order valence-corrected chi connectivity index (χ2v) is 4.82. The maximum absolute atomic E-state index is 13.3. The molecule has 2 N–H and O–H groups in total. The third-order valence-electron chi connectivity index (χ3n) is 2.10. The number of hydrazone groups is 1. The van der Waals surface area contributed by atoms with Gasteiger partial charge in [0.15, 0.2) is 5.11 Å². The zero-order valence-electron chi connectivity index (χ0n) is 9.56.